The predicted molar refractivity (Wildman–Crippen MR) is 82.6 cm³/mol. The number of likely N-dealkylation sites (N-methyl/N-ethyl adjacent to an activating group) is 1. The number of carbonyl (C=O) groups excluding carboxylic acids is 1. The molecule has 0 aromatic heterocycles. The van der Waals surface area contributed by atoms with Crippen molar-refractivity contribution in [1.82, 2.24) is 9.80 Å². The molecule has 1 aliphatic rings. The van der Waals surface area contributed by atoms with Gasteiger partial charge in [-0.05, 0) is 32.2 Å². The van der Waals surface area contributed by atoms with Gasteiger partial charge < -0.3 is 9.80 Å². The third-order valence-corrected chi connectivity index (χ3v) is 5.25. The van der Waals surface area contributed by atoms with Gasteiger partial charge in [0.1, 0.15) is 0 Å². The molecular weight excluding hydrogens is 312 g/mol. The highest BCUT2D eigenvalue weighted by Gasteiger charge is 2.27. The summed E-state index contributed by atoms with van der Waals surface area (Å²) in [4.78, 5) is 16.5. The summed E-state index contributed by atoms with van der Waals surface area (Å²) in [6.45, 7) is 4.23. The van der Waals surface area contributed by atoms with Crippen molar-refractivity contribution in [3.8, 4) is 0 Å². The lowest BCUT2D eigenvalue weighted by atomic mass is 10.1. The van der Waals surface area contributed by atoms with Crippen molar-refractivity contribution in [1.29, 1.82) is 0 Å². The fraction of sp³-hybridized carbons (Fsp3) is 0.500. The van der Waals surface area contributed by atoms with Crippen molar-refractivity contribution >= 4 is 27.3 Å². The van der Waals surface area contributed by atoms with Gasteiger partial charge in [-0.25, -0.2) is 8.42 Å². The second-order valence-corrected chi connectivity index (χ2v) is 7.92. The highest BCUT2D eigenvalue weighted by Crippen LogP contribution is 2.24. The van der Waals surface area contributed by atoms with Crippen LogP contribution in [0.5, 0.6) is 0 Å². The lowest BCUT2D eigenvalue weighted by molar-refractivity contribution is 0.0533. The van der Waals surface area contributed by atoms with Crippen molar-refractivity contribution in [2.24, 2.45) is 0 Å². The van der Waals surface area contributed by atoms with Crippen LogP contribution in [-0.2, 0) is 9.84 Å². The molecule has 1 aromatic rings. The zero-order valence-electron chi connectivity index (χ0n) is 12.3. The Kier molecular flexibility index (Phi) is 4.60. The maximum Gasteiger partial charge on any atom is 0.254 e. The van der Waals surface area contributed by atoms with E-state index in [0.29, 0.717) is 12.1 Å². The number of hydrogen-bond donors (Lipinski definition) is 0. The minimum absolute atomic E-state index is 0.00297. The minimum Gasteiger partial charge on any atom is -0.333 e. The van der Waals surface area contributed by atoms with Gasteiger partial charge in [0.25, 0.3) is 5.91 Å². The van der Waals surface area contributed by atoms with Crippen LogP contribution in [0.3, 0.4) is 0 Å². The average molecular weight is 331 g/mol. The fourth-order valence-electron chi connectivity index (χ4n) is 2.53. The van der Waals surface area contributed by atoms with Gasteiger partial charge in [-0.3, -0.25) is 4.79 Å². The molecule has 1 atom stereocenters. The second-order valence-electron chi connectivity index (χ2n) is 5.53. The Hall–Kier alpha value is -1.11. The fourth-order valence-corrected chi connectivity index (χ4v) is 3.83. The van der Waals surface area contributed by atoms with E-state index >= 15 is 0 Å². The maximum atomic E-state index is 12.6. The summed E-state index contributed by atoms with van der Waals surface area (Å²) in [5.41, 5.74) is 0.358. The van der Waals surface area contributed by atoms with Crippen LogP contribution in [0.4, 0.5) is 0 Å². The van der Waals surface area contributed by atoms with Crippen LogP contribution in [-0.4, -0.2) is 63.1 Å². The molecule has 0 unspecified atom stereocenters. The molecule has 1 aromatic carbocycles. The number of hydrogen-bond acceptors (Lipinski definition) is 4. The van der Waals surface area contributed by atoms with Gasteiger partial charge in [-0.2, -0.15) is 0 Å². The number of carbonyl (C=O) groups is 1. The number of rotatable bonds is 2. The van der Waals surface area contributed by atoms with Gasteiger partial charge in [0.15, 0.2) is 9.84 Å². The van der Waals surface area contributed by atoms with E-state index in [0.717, 1.165) is 19.3 Å². The summed E-state index contributed by atoms with van der Waals surface area (Å²) < 4.78 is 23.4. The molecule has 1 aliphatic heterocycles. The first kappa shape index (κ1) is 16.3. The molecule has 0 spiro atoms. The molecule has 1 fully saturated rings. The highest BCUT2D eigenvalue weighted by molar-refractivity contribution is 7.90. The molecule has 0 radical (unpaired) electrons. The molecule has 2 rings (SSSR count). The topological polar surface area (TPSA) is 57.7 Å². The quantitative estimate of drug-likeness (QED) is 0.825. The minimum atomic E-state index is -3.45. The standard InChI is InChI=1S/C14H19ClN2O3S/c1-10-9-16(2)6-7-17(10)14(18)11-4-5-12(15)13(8-11)21(3,19)20/h4-5,8,10H,6-7,9H2,1-3H3/t10-/m0/s1. The highest BCUT2D eigenvalue weighted by atomic mass is 35.5. The van der Waals surface area contributed by atoms with Crippen LogP contribution in [0.2, 0.25) is 5.02 Å². The van der Waals surface area contributed by atoms with Crippen molar-refractivity contribution in [3.63, 3.8) is 0 Å². The largest absolute Gasteiger partial charge is 0.333 e. The van der Waals surface area contributed by atoms with E-state index in [1.165, 1.54) is 12.1 Å². The second kappa shape index (κ2) is 5.94. The first-order valence-electron chi connectivity index (χ1n) is 6.69. The van der Waals surface area contributed by atoms with E-state index in [2.05, 4.69) is 4.90 Å². The SMILES string of the molecule is C[C@H]1CN(C)CCN1C(=O)c1ccc(Cl)c(S(C)(=O)=O)c1. The van der Waals surface area contributed by atoms with Crippen molar-refractivity contribution in [2.75, 3.05) is 32.9 Å². The predicted octanol–water partition coefficient (Wildman–Crippen LogP) is 1.52. The Morgan fingerprint density at radius 3 is 2.57 bits per heavy atom. The van der Waals surface area contributed by atoms with Crippen molar-refractivity contribution in [3.05, 3.63) is 28.8 Å². The smallest absolute Gasteiger partial charge is 0.254 e. The first-order chi connectivity index (χ1) is 9.70. The van der Waals surface area contributed by atoms with Crippen molar-refractivity contribution in [2.45, 2.75) is 17.9 Å². The Morgan fingerprint density at radius 2 is 2.00 bits per heavy atom. The van der Waals surface area contributed by atoms with Gasteiger partial charge in [0, 0.05) is 37.5 Å². The molecule has 0 saturated carbocycles. The first-order valence-corrected chi connectivity index (χ1v) is 8.96. The third kappa shape index (κ3) is 3.56. The number of benzene rings is 1. The summed E-state index contributed by atoms with van der Waals surface area (Å²) in [6.07, 6.45) is 1.08. The van der Waals surface area contributed by atoms with E-state index in [4.69, 9.17) is 11.6 Å². The molecule has 0 aliphatic carbocycles. The molecule has 1 amide bonds. The van der Waals surface area contributed by atoms with Crippen LogP contribution in [0.1, 0.15) is 17.3 Å². The van der Waals surface area contributed by atoms with Crippen LogP contribution in [0.15, 0.2) is 23.1 Å². The van der Waals surface area contributed by atoms with Crippen LogP contribution < -0.4 is 0 Å². The Bertz CT molecular complexity index is 660. The lowest BCUT2D eigenvalue weighted by Crippen LogP contribution is -2.52. The number of sulfone groups is 1. The van der Waals surface area contributed by atoms with Gasteiger partial charge in [-0.1, -0.05) is 11.6 Å². The van der Waals surface area contributed by atoms with Crippen molar-refractivity contribution < 1.29 is 13.2 Å². The Balaban J connectivity index is 2.32. The molecule has 1 saturated heterocycles. The normalized spacial score (nSPS) is 20.6. The van der Waals surface area contributed by atoms with Gasteiger partial charge in [0.05, 0.1) is 9.92 Å². The zero-order chi connectivity index (χ0) is 15.8. The van der Waals surface area contributed by atoms with E-state index in [-0.39, 0.29) is 21.9 Å². The summed E-state index contributed by atoms with van der Waals surface area (Å²) in [5, 5.41) is 0.139. The Labute approximate surface area is 130 Å². The van der Waals surface area contributed by atoms with E-state index < -0.39 is 9.84 Å². The molecule has 21 heavy (non-hydrogen) atoms. The van der Waals surface area contributed by atoms with Gasteiger partial charge in [-0.15, -0.1) is 0 Å². The number of halogens is 1. The lowest BCUT2D eigenvalue weighted by Gasteiger charge is -2.38. The molecule has 5 nitrogen and oxygen atoms in total. The number of nitrogens with zero attached hydrogens (tertiary/aromatic N) is 2. The third-order valence-electron chi connectivity index (χ3n) is 3.67. The van der Waals surface area contributed by atoms with E-state index in [1.54, 1.807) is 11.0 Å². The Morgan fingerprint density at radius 1 is 1.33 bits per heavy atom. The summed E-state index contributed by atoms with van der Waals surface area (Å²) in [6, 6.07) is 4.50. The van der Waals surface area contributed by atoms with Gasteiger partial charge in [0.2, 0.25) is 0 Å². The molecule has 7 heteroatoms. The van der Waals surface area contributed by atoms with Crippen LogP contribution in [0.25, 0.3) is 0 Å². The number of piperazine rings is 1. The molecular formula is C14H19ClN2O3S. The number of amides is 1. The average Bonchev–Trinajstić information content (AvgIpc) is 2.37. The van der Waals surface area contributed by atoms with E-state index in [9.17, 15) is 13.2 Å². The summed E-state index contributed by atoms with van der Waals surface area (Å²) >= 11 is 5.91. The van der Waals surface area contributed by atoms with Gasteiger partial charge >= 0.3 is 0 Å². The summed E-state index contributed by atoms with van der Waals surface area (Å²) in [7, 11) is -1.44. The molecule has 0 N–H and O–H groups in total. The van der Waals surface area contributed by atoms with Crippen LogP contribution >= 0.6 is 11.6 Å². The summed E-state index contributed by atoms with van der Waals surface area (Å²) in [5.74, 6) is -0.155. The molecule has 116 valence electrons. The van der Waals surface area contributed by atoms with E-state index in [1.807, 2.05) is 14.0 Å². The van der Waals surface area contributed by atoms with Crippen LogP contribution in [0, 0.1) is 0 Å². The molecule has 1 heterocycles. The molecule has 0 bridgehead atoms. The maximum absolute atomic E-state index is 12.6. The monoisotopic (exact) mass is 330 g/mol. The zero-order valence-corrected chi connectivity index (χ0v) is 13.9.